The number of aliphatic imine (C=N–C) groups is 1. The number of rotatable bonds is 8. The molecule has 3 N–H and O–H groups in total. The maximum Gasteiger partial charge on any atom is 0.191 e. The summed E-state index contributed by atoms with van der Waals surface area (Å²) in [5, 5.41) is 18.1. The molecule has 2 rings (SSSR count). The van der Waals surface area contributed by atoms with Gasteiger partial charge in [-0.25, -0.2) is 0 Å². The van der Waals surface area contributed by atoms with E-state index in [0.717, 1.165) is 36.9 Å². The van der Waals surface area contributed by atoms with Crippen LogP contribution in [0.15, 0.2) is 35.3 Å². The standard InChI is InChI=1S/C18H28N4OS/c1-4-19-18(20-10-7-11-22(2)3)21-13-15(23)17-12-14-8-5-6-9-16(14)24-17/h5-6,8-9,12,15,23H,4,7,10-11,13H2,1-3H3,(H2,19,20,21). The molecule has 0 fully saturated rings. The molecule has 0 bridgehead atoms. The lowest BCUT2D eigenvalue weighted by Gasteiger charge is -2.14. The minimum atomic E-state index is -0.570. The molecule has 0 amide bonds. The zero-order valence-electron chi connectivity index (χ0n) is 14.7. The Hall–Kier alpha value is -1.63. The Morgan fingerprint density at radius 1 is 1.29 bits per heavy atom. The van der Waals surface area contributed by atoms with Crippen LogP contribution >= 0.6 is 11.3 Å². The smallest absolute Gasteiger partial charge is 0.191 e. The van der Waals surface area contributed by atoms with Crippen LogP contribution in [0.5, 0.6) is 0 Å². The van der Waals surface area contributed by atoms with E-state index in [9.17, 15) is 5.11 Å². The van der Waals surface area contributed by atoms with Crippen LogP contribution < -0.4 is 10.6 Å². The van der Waals surface area contributed by atoms with Crippen LogP contribution in [0.4, 0.5) is 0 Å². The first-order valence-electron chi connectivity index (χ1n) is 8.43. The first-order chi connectivity index (χ1) is 11.6. The van der Waals surface area contributed by atoms with Crippen molar-refractivity contribution in [2.45, 2.75) is 19.4 Å². The van der Waals surface area contributed by atoms with E-state index in [0.29, 0.717) is 6.54 Å². The summed E-state index contributed by atoms with van der Waals surface area (Å²) in [5.41, 5.74) is 0. The fourth-order valence-electron chi connectivity index (χ4n) is 2.38. The van der Waals surface area contributed by atoms with E-state index in [1.165, 1.54) is 10.1 Å². The summed E-state index contributed by atoms with van der Waals surface area (Å²) in [7, 11) is 4.14. The van der Waals surface area contributed by atoms with Gasteiger partial charge in [-0.05, 0) is 51.5 Å². The van der Waals surface area contributed by atoms with Gasteiger partial charge < -0.3 is 20.6 Å². The fraction of sp³-hybridized carbons (Fsp3) is 0.500. The number of aliphatic hydroxyl groups is 1. The van der Waals surface area contributed by atoms with Crippen molar-refractivity contribution in [2.24, 2.45) is 4.99 Å². The number of nitrogens with zero attached hydrogens (tertiary/aromatic N) is 2. The SMILES string of the molecule is CCNC(=NCC(O)c1cc2ccccc2s1)NCCCN(C)C. The average molecular weight is 349 g/mol. The van der Waals surface area contributed by atoms with Crippen LogP contribution in [0.1, 0.15) is 24.3 Å². The molecule has 2 aromatic rings. The Kier molecular flexibility index (Phi) is 7.49. The molecule has 0 radical (unpaired) electrons. The largest absolute Gasteiger partial charge is 0.386 e. The molecule has 1 unspecified atom stereocenters. The molecule has 0 saturated heterocycles. The van der Waals surface area contributed by atoms with Crippen LogP contribution in [0.3, 0.4) is 0 Å². The van der Waals surface area contributed by atoms with Crippen LogP contribution in [0.25, 0.3) is 10.1 Å². The van der Waals surface area contributed by atoms with Crippen molar-refractivity contribution in [2.75, 3.05) is 40.3 Å². The van der Waals surface area contributed by atoms with E-state index in [-0.39, 0.29) is 0 Å². The molecule has 24 heavy (non-hydrogen) atoms. The molecule has 0 aliphatic carbocycles. The van der Waals surface area contributed by atoms with Gasteiger partial charge in [0, 0.05) is 22.7 Å². The third-order valence-corrected chi connectivity index (χ3v) is 4.83. The van der Waals surface area contributed by atoms with E-state index >= 15 is 0 Å². The highest BCUT2D eigenvalue weighted by molar-refractivity contribution is 7.19. The number of aliphatic hydroxyl groups excluding tert-OH is 1. The van der Waals surface area contributed by atoms with Crippen molar-refractivity contribution in [3.8, 4) is 0 Å². The highest BCUT2D eigenvalue weighted by Crippen LogP contribution is 2.29. The molecule has 1 atom stereocenters. The Labute approximate surface area is 148 Å². The molecule has 1 aromatic heterocycles. The molecule has 0 aliphatic heterocycles. The minimum absolute atomic E-state index is 0.357. The van der Waals surface area contributed by atoms with Gasteiger partial charge >= 0.3 is 0 Å². The van der Waals surface area contributed by atoms with Gasteiger partial charge in [-0.2, -0.15) is 0 Å². The molecule has 6 heteroatoms. The number of guanidine groups is 1. The predicted molar refractivity (Wildman–Crippen MR) is 104 cm³/mol. The maximum absolute atomic E-state index is 10.4. The van der Waals surface area contributed by atoms with E-state index in [2.05, 4.69) is 52.8 Å². The number of benzene rings is 1. The molecule has 1 heterocycles. The second-order valence-electron chi connectivity index (χ2n) is 6.01. The predicted octanol–water partition coefficient (Wildman–Crippen LogP) is 2.44. The van der Waals surface area contributed by atoms with Crippen LogP contribution in [0, 0.1) is 0 Å². The van der Waals surface area contributed by atoms with Crippen molar-refractivity contribution >= 4 is 27.4 Å². The zero-order valence-corrected chi connectivity index (χ0v) is 15.6. The van der Waals surface area contributed by atoms with E-state index < -0.39 is 6.10 Å². The number of thiophene rings is 1. The van der Waals surface area contributed by atoms with Crippen molar-refractivity contribution in [1.82, 2.24) is 15.5 Å². The lowest BCUT2D eigenvalue weighted by Crippen LogP contribution is -2.38. The molecule has 1 aromatic carbocycles. The molecule has 0 aliphatic rings. The molecule has 132 valence electrons. The molecule has 5 nitrogen and oxygen atoms in total. The quantitative estimate of drug-likeness (QED) is 0.390. The first kappa shape index (κ1) is 18.7. The second-order valence-corrected chi connectivity index (χ2v) is 7.12. The fourth-order valence-corrected chi connectivity index (χ4v) is 3.42. The second kappa shape index (κ2) is 9.61. The van der Waals surface area contributed by atoms with Crippen molar-refractivity contribution in [3.05, 3.63) is 35.2 Å². The lowest BCUT2D eigenvalue weighted by atomic mass is 10.2. The van der Waals surface area contributed by atoms with Crippen LogP contribution in [-0.4, -0.2) is 56.2 Å². The summed E-state index contributed by atoms with van der Waals surface area (Å²) in [6.07, 6.45) is 0.482. The first-order valence-corrected chi connectivity index (χ1v) is 9.25. The van der Waals surface area contributed by atoms with Gasteiger partial charge in [0.2, 0.25) is 0 Å². The van der Waals surface area contributed by atoms with Crippen molar-refractivity contribution in [3.63, 3.8) is 0 Å². The van der Waals surface area contributed by atoms with Gasteiger partial charge in [0.15, 0.2) is 5.96 Å². The lowest BCUT2D eigenvalue weighted by molar-refractivity contribution is 0.191. The van der Waals surface area contributed by atoms with Gasteiger partial charge in [0.05, 0.1) is 6.54 Å². The average Bonchev–Trinajstić information content (AvgIpc) is 3.00. The Balaban J connectivity index is 1.91. The number of nitrogens with one attached hydrogen (secondary N) is 2. The van der Waals surface area contributed by atoms with Gasteiger partial charge in [0.1, 0.15) is 6.10 Å². The summed E-state index contributed by atoms with van der Waals surface area (Å²) < 4.78 is 1.20. The highest BCUT2D eigenvalue weighted by Gasteiger charge is 2.11. The summed E-state index contributed by atoms with van der Waals surface area (Å²) in [6.45, 7) is 5.10. The molecule has 0 saturated carbocycles. The van der Waals surface area contributed by atoms with E-state index in [1.54, 1.807) is 11.3 Å². The highest BCUT2D eigenvalue weighted by atomic mass is 32.1. The third kappa shape index (κ3) is 5.78. The topological polar surface area (TPSA) is 59.9 Å². The normalized spacial score (nSPS) is 13.5. The van der Waals surface area contributed by atoms with Gasteiger partial charge in [-0.15, -0.1) is 11.3 Å². The van der Waals surface area contributed by atoms with Gasteiger partial charge in [0.25, 0.3) is 0 Å². The van der Waals surface area contributed by atoms with Crippen LogP contribution in [-0.2, 0) is 0 Å². The van der Waals surface area contributed by atoms with Gasteiger partial charge in [-0.1, -0.05) is 18.2 Å². The molecule has 0 spiro atoms. The number of hydrogen-bond donors (Lipinski definition) is 3. The Morgan fingerprint density at radius 3 is 2.79 bits per heavy atom. The number of hydrogen-bond acceptors (Lipinski definition) is 4. The number of fused-ring (bicyclic) bond motifs is 1. The van der Waals surface area contributed by atoms with E-state index in [1.807, 2.05) is 19.1 Å². The Bertz CT molecular complexity index is 620. The summed E-state index contributed by atoms with van der Waals surface area (Å²) in [4.78, 5) is 7.64. The maximum atomic E-state index is 10.4. The molecular weight excluding hydrogens is 320 g/mol. The molecular formula is C18H28N4OS. The zero-order chi connectivity index (χ0) is 17.4. The van der Waals surface area contributed by atoms with Crippen molar-refractivity contribution < 1.29 is 5.11 Å². The third-order valence-electron chi connectivity index (χ3n) is 3.61. The summed E-state index contributed by atoms with van der Waals surface area (Å²) in [5.74, 6) is 0.761. The van der Waals surface area contributed by atoms with Gasteiger partial charge in [-0.3, -0.25) is 4.99 Å². The summed E-state index contributed by atoms with van der Waals surface area (Å²) in [6, 6.07) is 10.2. The van der Waals surface area contributed by atoms with Crippen molar-refractivity contribution in [1.29, 1.82) is 0 Å². The van der Waals surface area contributed by atoms with E-state index in [4.69, 9.17) is 0 Å². The summed E-state index contributed by atoms with van der Waals surface area (Å²) >= 11 is 1.63. The minimum Gasteiger partial charge on any atom is -0.386 e. The van der Waals surface area contributed by atoms with Crippen LogP contribution in [0.2, 0.25) is 0 Å². The Morgan fingerprint density at radius 2 is 2.08 bits per heavy atom. The monoisotopic (exact) mass is 348 g/mol.